The molecule has 1 atom stereocenters. The van der Waals surface area contributed by atoms with Crippen LogP contribution in [0.2, 0.25) is 0 Å². The van der Waals surface area contributed by atoms with E-state index in [1.807, 2.05) is 0 Å². The van der Waals surface area contributed by atoms with Crippen LogP contribution in [0.1, 0.15) is 17.2 Å². The van der Waals surface area contributed by atoms with Crippen molar-refractivity contribution in [1.82, 2.24) is 0 Å². The Morgan fingerprint density at radius 3 is 1.77 bits per heavy atom. The molecule has 0 saturated carbocycles. The Morgan fingerprint density at radius 2 is 1.16 bits per heavy atom. The molecule has 0 radical (unpaired) electrons. The van der Waals surface area contributed by atoms with E-state index in [-0.39, 0.29) is 15.5 Å². The summed E-state index contributed by atoms with van der Waals surface area (Å²) in [5.41, 5.74) is 1.03. The highest BCUT2D eigenvalue weighted by Gasteiger charge is 2.17. The molecule has 2 N–H and O–H groups in total. The number of rotatable bonds is 6. The summed E-state index contributed by atoms with van der Waals surface area (Å²) in [6, 6.07) is 27.9. The Morgan fingerprint density at radius 1 is 0.645 bits per heavy atom. The standard InChI is InChI=1S/C25H20O5S/c26-24-9-5-4-8-23(24)25(27)18-10-12-19(13-11-18)30-20-14-16-22(17-15-20)31(28,29)21-6-2-1-3-7-21/h1-17,25-27H. The molecule has 0 heterocycles. The molecule has 4 aromatic rings. The molecule has 4 aromatic carbocycles. The lowest BCUT2D eigenvalue weighted by Crippen LogP contribution is -2.01. The van der Waals surface area contributed by atoms with Gasteiger partial charge in [-0.1, -0.05) is 48.5 Å². The predicted molar refractivity (Wildman–Crippen MR) is 117 cm³/mol. The second-order valence-electron chi connectivity index (χ2n) is 6.92. The van der Waals surface area contributed by atoms with E-state index in [9.17, 15) is 18.6 Å². The van der Waals surface area contributed by atoms with Crippen molar-refractivity contribution in [2.75, 3.05) is 0 Å². The number of phenols is 1. The Kier molecular flexibility index (Phi) is 5.75. The summed E-state index contributed by atoms with van der Waals surface area (Å²) >= 11 is 0. The molecule has 31 heavy (non-hydrogen) atoms. The number of ether oxygens (including phenoxy) is 1. The third kappa shape index (κ3) is 4.45. The smallest absolute Gasteiger partial charge is 0.206 e. The van der Waals surface area contributed by atoms with Gasteiger partial charge in [0.15, 0.2) is 0 Å². The van der Waals surface area contributed by atoms with Crippen LogP contribution in [0.15, 0.2) is 113 Å². The number of aromatic hydroxyl groups is 1. The van der Waals surface area contributed by atoms with Gasteiger partial charge in [0.25, 0.3) is 0 Å². The fourth-order valence-electron chi connectivity index (χ4n) is 3.18. The normalized spacial score (nSPS) is 12.3. The van der Waals surface area contributed by atoms with Crippen molar-refractivity contribution in [3.63, 3.8) is 0 Å². The van der Waals surface area contributed by atoms with Crippen LogP contribution in [-0.2, 0) is 9.84 Å². The molecule has 0 spiro atoms. The van der Waals surface area contributed by atoms with Crippen molar-refractivity contribution in [3.05, 3.63) is 114 Å². The topological polar surface area (TPSA) is 83.8 Å². The second-order valence-corrected chi connectivity index (χ2v) is 8.87. The first-order chi connectivity index (χ1) is 14.9. The van der Waals surface area contributed by atoms with Crippen LogP contribution in [0.5, 0.6) is 17.2 Å². The highest BCUT2D eigenvalue weighted by Crippen LogP contribution is 2.31. The largest absolute Gasteiger partial charge is 0.508 e. The minimum atomic E-state index is -3.58. The van der Waals surface area contributed by atoms with Crippen LogP contribution < -0.4 is 4.74 Å². The minimum absolute atomic E-state index is 0.0286. The van der Waals surface area contributed by atoms with Crippen molar-refractivity contribution >= 4 is 9.84 Å². The van der Waals surface area contributed by atoms with Crippen molar-refractivity contribution in [1.29, 1.82) is 0 Å². The van der Waals surface area contributed by atoms with Gasteiger partial charge in [-0.15, -0.1) is 0 Å². The number of para-hydroxylation sites is 1. The van der Waals surface area contributed by atoms with Gasteiger partial charge < -0.3 is 14.9 Å². The highest BCUT2D eigenvalue weighted by molar-refractivity contribution is 7.91. The van der Waals surface area contributed by atoms with E-state index in [0.717, 1.165) is 0 Å². The molecule has 156 valence electrons. The SMILES string of the molecule is O=S(=O)(c1ccccc1)c1ccc(Oc2ccc(C(O)c3ccccc3O)cc2)cc1. The Hall–Kier alpha value is -3.61. The molecule has 0 amide bonds. The fraction of sp³-hybridized carbons (Fsp3) is 0.0400. The zero-order valence-electron chi connectivity index (χ0n) is 16.4. The summed E-state index contributed by atoms with van der Waals surface area (Å²) in [6.45, 7) is 0. The zero-order valence-corrected chi connectivity index (χ0v) is 17.2. The molecule has 0 aromatic heterocycles. The lowest BCUT2D eigenvalue weighted by Gasteiger charge is -2.14. The summed E-state index contributed by atoms with van der Waals surface area (Å²) in [4.78, 5) is 0.425. The summed E-state index contributed by atoms with van der Waals surface area (Å²) in [5, 5.41) is 20.4. The van der Waals surface area contributed by atoms with Crippen LogP contribution in [-0.4, -0.2) is 18.6 Å². The molecular formula is C25H20O5S. The summed E-state index contributed by atoms with van der Waals surface area (Å²) in [7, 11) is -3.58. The van der Waals surface area contributed by atoms with E-state index >= 15 is 0 Å². The number of sulfone groups is 1. The predicted octanol–water partition coefficient (Wildman–Crippen LogP) is 5.10. The quantitative estimate of drug-likeness (QED) is 0.443. The zero-order chi connectivity index (χ0) is 21.8. The monoisotopic (exact) mass is 432 g/mol. The average Bonchev–Trinajstić information content (AvgIpc) is 2.80. The molecule has 0 aliphatic heterocycles. The molecule has 6 heteroatoms. The third-order valence-corrected chi connectivity index (χ3v) is 6.64. The Bertz CT molecular complexity index is 1270. The van der Waals surface area contributed by atoms with E-state index in [1.54, 1.807) is 84.9 Å². The number of aliphatic hydroxyl groups is 1. The summed E-state index contributed by atoms with van der Waals surface area (Å²) < 4.78 is 31.1. The lowest BCUT2D eigenvalue weighted by atomic mass is 10.0. The molecule has 0 aliphatic rings. The van der Waals surface area contributed by atoms with Crippen molar-refractivity contribution in [2.24, 2.45) is 0 Å². The molecule has 0 bridgehead atoms. The van der Waals surface area contributed by atoms with Gasteiger partial charge in [0.1, 0.15) is 23.4 Å². The van der Waals surface area contributed by atoms with Gasteiger partial charge in [0.05, 0.1) is 9.79 Å². The average molecular weight is 432 g/mol. The molecule has 5 nitrogen and oxygen atoms in total. The summed E-state index contributed by atoms with van der Waals surface area (Å²) in [6.07, 6.45) is -0.960. The summed E-state index contributed by atoms with van der Waals surface area (Å²) in [5.74, 6) is 1.05. The first-order valence-corrected chi connectivity index (χ1v) is 11.1. The van der Waals surface area contributed by atoms with E-state index in [2.05, 4.69) is 0 Å². The van der Waals surface area contributed by atoms with Crippen molar-refractivity contribution in [2.45, 2.75) is 15.9 Å². The molecule has 4 rings (SSSR count). The lowest BCUT2D eigenvalue weighted by molar-refractivity contribution is 0.215. The third-order valence-electron chi connectivity index (χ3n) is 4.85. The van der Waals surface area contributed by atoms with E-state index in [1.165, 1.54) is 18.2 Å². The van der Waals surface area contributed by atoms with Crippen LogP contribution >= 0.6 is 0 Å². The maximum absolute atomic E-state index is 12.7. The molecule has 0 saturated heterocycles. The van der Waals surface area contributed by atoms with Crippen LogP contribution in [0, 0.1) is 0 Å². The molecular weight excluding hydrogens is 412 g/mol. The number of phenolic OH excluding ortho intramolecular Hbond substituents is 1. The van der Waals surface area contributed by atoms with Crippen molar-refractivity contribution in [3.8, 4) is 17.2 Å². The Labute approximate surface area is 180 Å². The highest BCUT2D eigenvalue weighted by atomic mass is 32.2. The maximum atomic E-state index is 12.7. The number of hydrogen-bond donors (Lipinski definition) is 2. The van der Waals surface area contributed by atoms with Gasteiger partial charge in [-0.2, -0.15) is 0 Å². The van der Waals surface area contributed by atoms with Crippen LogP contribution in [0.4, 0.5) is 0 Å². The fourth-order valence-corrected chi connectivity index (χ4v) is 4.46. The second kappa shape index (κ2) is 8.63. The maximum Gasteiger partial charge on any atom is 0.206 e. The van der Waals surface area contributed by atoms with E-state index in [4.69, 9.17) is 4.74 Å². The van der Waals surface area contributed by atoms with Crippen LogP contribution in [0.25, 0.3) is 0 Å². The van der Waals surface area contributed by atoms with Gasteiger partial charge in [0.2, 0.25) is 9.84 Å². The molecule has 1 unspecified atom stereocenters. The number of aliphatic hydroxyl groups excluding tert-OH is 1. The van der Waals surface area contributed by atoms with Crippen LogP contribution in [0.3, 0.4) is 0 Å². The van der Waals surface area contributed by atoms with Gasteiger partial charge in [-0.05, 0) is 60.2 Å². The van der Waals surface area contributed by atoms with Gasteiger partial charge in [-0.3, -0.25) is 0 Å². The molecule has 0 fully saturated rings. The minimum Gasteiger partial charge on any atom is -0.508 e. The first-order valence-electron chi connectivity index (χ1n) is 9.59. The van der Waals surface area contributed by atoms with Gasteiger partial charge in [0, 0.05) is 5.56 Å². The number of benzene rings is 4. The Balaban J connectivity index is 1.48. The van der Waals surface area contributed by atoms with Crippen molar-refractivity contribution < 1.29 is 23.4 Å². The van der Waals surface area contributed by atoms with Gasteiger partial charge in [-0.25, -0.2) is 8.42 Å². The number of hydrogen-bond acceptors (Lipinski definition) is 5. The molecule has 0 aliphatic carbocycles. The van der Waals surface area contributed by atoms with E-state index < -0.39 is 15.9 Å². The van der Waals surface area contributed by atoms with Gasteiger partial charge >= 0.3 is 0 Å². The van der Waals surface area contributed by atoms with E-state index in [0.29, 0.717) is 22.6 Å². The first kappa shape index (κ1) is 20.7.